The van der Waals surface area contributed by atoms with Gasteiger partial charge in [0.15, 0.2) is 0 Å². The first-order valence-corrected chi connectivity index (χ1v) is 7.81. The first-order valence-electron chi connectivity index (χ1n) is 7.81. The molecule has 116 valence electrons. The predicted octanol–water partition coefficient (Wildman–Crippen LogP) is 2.20. The van der Waals surface area contributed by atoms with Gasteiger partial charge >= 0.3 is 0 Å². The van der Waals surface area contributed by atoms with Crippen molar-refractivity contribution in [3.63, 3.8) is 0 Å². The molecule has 0 radical (unpaired) electrons. The summed E-state index contributed by atoms with van der Waals surface area (Å²) < 4.78 is 0. The Morgan fingerprint density at radius 1 is 1.48 bits per heavy atom. The van der Waals surface area contributed by atoms with Gasteiger partial charge in [0.2, 0.25) is 5.91 Å². The van der Waals surface area contributed by atoms with Crippen LogP contribution in [0.3, 0.4) is 0 Å². The SMILES string of the molecule is CCCNCc1ccc(N2CCC(C)(C(N)=O)C2)c(C)c1. The summed E-state index contributed by atoms with van der Waals surface area (Å²) in [7, 11) is 0. The summed E-state index contributed by atoms with van der Waals surface area (Å²) in [5.41, 5.74) is 8.93. The summed E-state index contributed by atoms with van der Waals surface area (Å²) in [5, 5.41) is 3.42. The Kier molecular flexibility index (Phi) is 4.88. The summed E-state index contributed by atoms with van der Waals surface area (Å²) >= 11 is 0. The summed E-state index contributed by atoms with van der Waals surface area (Å²) in [6.45, 7) is 9.85. The Morgan fingerprint density at radius 2 is 2.24 bits per heavy atom. The Morgan fingerprint density at radius 3 is 2.81 bits per heavy atom. The zero-order chi connectivity index (χ0) is 15.5. The molecular weight excluding hydrogens is 262 g/mol. The van der Waals surface area contributed by atoms with Gasteiger partial charge in [-0.15, -0.1) is 0 Å². The van der Waals surface area contributed by atoms with Crippen LogP contribution in [0.1, 0.15) is 37.8 Å². The molecule has 1 amide bonds. The zero-order valence-electron chi connectivity index (χ0n) is 13.4. The van der Waals surface area contributed by atoms with Crippen molar-refractivity contribution in [1.29, 1.82) is 0 Å². The standard InChI is InChI=1S/C17H27N3O/c1-4-8-19-11-14-5-6-15(13(2)10-14)20-9-7-17(3,12-20)16(18)21/h5-6,10,19H,4,7-9,11-12H2,1-3H3,(H2,18,21). The van der Waals surface area contributed by atoms with Gasteiger partial charge in [0.1, 0.15) is 0 Å². The fraction of sp³-hybridized carbons (Fsp3) is 0.588. The average molecular weight is 289 g/mol. The molecule has 0 spiro atoms. The van der Waals surface area contributed by atoms with Gasteiger partial charge < -0.3 is 16.0 Å². The first kappa shape index (κ1) is 15.8. The fourth-order valence-electron chi connectivity index (χ4n) is 2.96. The molecule has 4 heteroatoms. The quantitative estimate of drug-likeness (QED) is 0.789. The molecule has 21 heavy (non-hydrogen) atoms. The van der Waals surface area contributed by atoms with Crippen molar-refractivity contribution in [2.45, 2.75) is 40.2 Å². The Bertz CT molecular complexity index is 515. The van der Waals surface area contributed by atoms with Crippen LogP contribution in [-0.4, -0.2) is 25.5 Å². The van der Waals surface area contributed by atoms with Gasteiger partial charge in [0, 0.05) is 25.3 Å². The van der Waals surface area contributed by atoms with E-state index in [-0.39, 0.29) is 5.91 Å². The number of hydrogen-bond donors (Lipinski definition) is 2. The van der Waals surface area contributed by atoms with Crippen molar-refractivity contribution < 1.29 is 4.79 Å². The zero-order valence-corrected chi connectivity index (χ0v) is 13.4. The lowest BCUT2D eigenvalue weighted by Gasteiger charge is -2.24. The number of anilines is 1. The monoisotopic (exact) mass is 289 g/mol. The molecule has 1 aliphatic rings. The summed E-state index contributed by atoms with van der Waals surface area (Å²) in [4.78, 5) is 13.9. The third kappa shape index (κ3) is 3.56. The molecule has 1 aromatic rings. The van der Waals surface area contributed by atoms with Crippen LogP contribution in [-0.2, 0) is 11.3 Å². The van der Waals surface area contributed by atoms with E-state index in [1.165, 1.54) is 16.8 Å². The van der Waals surface area contributed by atoms with E-state index in [1.807, 2.05) is 6.92 Å². The number of amides is 1. The van der Waals surface area contributed by atoms with Crippen LogP contribution < -0.4 is 16.0 Å². The van der Waals surface area contributed by atoms with E-state index in [1.54, 1.807) is 0 Å². The number of benzene rings is 1. The van der Waals surface area contributed by atoms with E-state index >= 15 is 0 Å². The van der Waals surface area contributed by atoms with E-state index in [4.69, 9.17) is 5.73 Å². The number of primary amides is 1. The highest BCUT2D eigenvalue weighted by Crippen LogP contribution is 2.34. The molecule has 2 rings (SSSR count). The molecule has 1 saturated heterocycles. The maximum Gasteiger partial charge on any atom is 0.225 e. The fourth-order valence-corrected chi connectivity index (χ4v) is 2.96. The number of hydrogen-bond acceptors (Lipinski definition) is 3. The van der Waals surface area contributed by atoms with Crippen LogP contribution in [0.25, 0.3) is 0 Å². The van der Waals surface area contributed by atoms with Gasteiger partial charge in [-0.25, -0.2) is 0 Å². The minimum absolute atomic E-state index is 0.192. The smallest absolute Gasteiger partial charge is 0.225 e. The van der Waals surface area contributed by atoms with Crippen molar-refractivity contribution >= 4 is 11.6 Å². The van der Waals surface area contributed by atoms with Crippen molar-refractivity contribution in [2.24, 2.45) is 11.1 Å². The second-order valence-corrected chi connectivity index (χ2v) is 6.39. The van der Waals surface area contributed by atoms with Crippen molar-refractivity contribution in [1.82, 2.24) is 5.32 Å². The van der Waals surface area contributed by atoms with E-state index in [0.717, 1.165) is 39.0 Å². The summed E-state index contributed by atoms with van der Waals surface area (Å²) in [6, 6.07) is 6.58. The van der Waals surface area contributed by atoms with Crippen LogP contribution in [0.4, 0.5) is 5.69 Å². The lowest BCUT2D eigenvalue weighted by Crippen LogP contribution is -2.37. The van der Waals surface area contributed by atoms with E-state index < -0.39 is 5.41 Å². The number of nitrogens with zero attached hydrogens (tertiary/aromatic N) is 1. The normalized spacial score (nSPS) is 21.8. The molecule has 4 nitrogen and oxygen atoms in total. The third-order valence-corrected chi connectivity index (χ3v) is 4.43. The molecule has 1 fully saturated rings. The molecule has 3 N–H and O–H groups in total. The van der Waals surface area contributed by atoms with Crippen LogP contribution in [0.15, 0.2) is 18.2 Å². The molecule has 0 saturated carbocycles. The Hall–Kier alpha value is -1.55. The molecule has 0 aliphatic carbocycles. The van der Waals surface area contributed by atoms with Crippen molar-refractivity contribution in [3.8, 4) is 0 Å². The van der Waals surface area contributed by atoms with Gasteiger partial charge in [-0.3, -0.25) is 4.79 Å². The van der Waals surface area contributed by atoms with E-state index in [0.29, 0.717) is 0 Å². The maximum absolute atomic E-state index is 11.6. The predicted molar refractivity (Wildman–Crippen MR) is 87.3 cm³/mol. The second kappa shape index (κ2) is 6.48. The molecule has 0 bridgehead atoms. The van der Waals surface area contributed by atoms with Gasteiger partial charge in [-0.05, 0) is 50.4 Å². The minimum atomic E-state index is -0.395. The lowest BCUT2D eigenvalue weighted by molar-refractivity contribution is -0.125. The minimum Gasteiger partial charge on any atom is -0.370 e. The van der Waals surface area contributed by atoms with Gasteiger partial charge in [0.25, 0.3) is 0 Å². The Balaban J connectivity index is 2.06. The van der Waals surface area contributed by atoms with Crippen LogP contribution in [0.5, 0.6) is 0 Å². The van der Waals surface area contributed by atoms with Crippen molar-refractivity contribution in [2.75, 3.05) is 24.5 Å². The maximum atomic E-state index is 11.6. The molecule has 1 heterocycles. The first-order chi connectivity index (χ1) is 9.96. The lowest BCUT2D eigenvalue weighted by atomic mass is 9.89. The number of carbonyl (C=O) groups excluding carboxylic acids is 1. The van der Waals surface area contributed by atoms with Crippen LogP contribution in [0.2, 0.25) is 0 Å². The number of aryl methyl sites for hydroxylation is 1. The number of nitrogens with two attached hydrogens (primary N) is 1. The van der Waals surface area contributed by atoms with Crippen LogP contribution in [0, 0.1) is 12.3 Å². The molecule has 1 aliphatic heterocycles. The van der Waals surface area contributed by atoms with Crippen molar-refractivity contribution in [3.05, 3.63) is 29.3 Å². The molecule has 1 unspecified atom stereocenters. The molecule has 0 aromatic heterocycles. The Labute approximate surface area is 127 Å². The third-order valence-electron chi connectivity index (χ3n) is 4.43. The average Bonchev–Trinajstić information content (AvgIpc) is 2.83. The topological polar surface area (TPSA) is 58.4 Å². The molecular formula is C17H27N3O. The van der Waals surface area contributed by atoms with E-state index in [2.05, 4.69) is 42.3 Å². The summed E-state index contributed by atoms with van der Waals surface area (Å²) in [6.07, 6.45) is 1.98. The number of nitrogens with one attached hydrogen (secondary N) is 1. The molecule has 1 atom stereocenters. The van der Waals surface area contributed by atoms with Gasteiger partial charge in [-0.2, -0.15) is 0 Å². The highest BCUT2D eigenvalue weighted by Gasteiger charge is 2.39. The van der Waals surface area contributed by atoms with Gasteiger partial charge in [-0.1, -0.05) is 19.1 Å². The number of carbonyl (C=O) groups is 1. The van der Waals surface area contributed by atoms with E-state index in [9.17, 15) is 4.79 Å². The molecule has 1 aromatic carbocycles. The number of rotatable bonds is 6. The van der Waals surface area contributed by atoms with Crippen LogP contribution >= 0.6 is 0 Å². The highest BCUT2D eigenvalue weighted by molar-refractivity contribution is 5.82. The largest absolute Gasteiger partial charge is 0.370 e. The summed E-state index contributed by atoms with van der Waals surface area (Å²) in [5.74, 6) is -0.192. The van der Waals surface area contributed by atoms with Gasteiger partial charge in [0.05, 0.1) is 5.41 Å². The highest BCUT2D eigenvalue weighted by atomic mass is 16.1. The second-order valence-electron chi connectivity index (χ2n) is 6.39.